The van der Waals surface area contributed by atoms with E-state index in [1.165, 1.54) is 0 Å². The first kappa shape index (κ1) is 19.4. The van der Waals surface area contributed by atoms with Crippen LogP contribution >= 0.6 is 0 Å². The van der Waals surface area contributed by atoms with Crippen molar-refractivity contribution in [2.45, 2.75) is 45.1 Å². The van der Waals surface area contributed by atoms with Crippen LogP contribution < -0.4 is 15.4 Å². The van der Waals surface area contributed by atoms with Crippen LogP contribution in [-0.2, 0) is 5.41 Å². The molecule has 3 rings (SSSR count). The number of piperidine rings is 1. The zero-order chi connectivity index (χ0) is 19.4. The number of amides is 1. The van der Waals surface area contributed by atoms with Gasteiger partial charge in [0, 0.05) is 12.0 Å². The second-order valence-corrected chi connectivity index (χ2v) is 7.74. The van der Waals surface area contributed by atoms with Gasteiger partial charge in [0.2, 0.25) is 0 Å². The summed E-state index contributed by atoms with van der Waals surface area (Å²) in [6.07, 6.45) is 2.02. The van der Waals surface area contributed by atoms with E-state index in [4.69, 9.17) is 4.74 Å². The van der Waals surface area contributed by atoms with Gasteiger partial charge in [0.25, 0.3) is 5.91 Å². The highest BCUT2D eigenvalue weighted by Gasteiger charge is 2.25. The van der Waals surface area contributed by atoms with Crippen molar-refractivity contribution < 1.29 is 9.53 Å². The molecule has 1 aliphatic heterocycles. The van der Waals surface area contributed by atoms with Gasteiger partial charge in [-0.05, 0) is 50.6 Å². The summed E-state index contributed by atoms with van der Waals surface area (Å²) in [5.74, 6) is 0.651. The lowest BCUT2D eigenvalue weighted by Crippen LogP contribution is -2.37. The number of hydrogen-bond acceptors (Lipinski definition) is 5. The van der Waals surface area contributed by atoms with Crippen molar-refractivity contribution in [2.24, 2.45) is 0 Å². The molecule has 0 radical (unpaired) electrons. The van der Waals surface area contributed by atoms with Gasteiger partial charge in [0.15, 0.2) is 5.69 Å². The number of aromatic nitrogens is 3. The maximum atomic E-state index is 12.7. The lowest BCUT2D eigenvalue weighted by Gasteiger charge is -2.26. The summed E-state index contributed by atoms with van der Waals surface area (Å²) in [5, 5.41) is 14.8. The maximum Gasteiger partial charge on any atom is 0.273 e. The molecule has 7 heteroatoms. The fourth-order valence-corrected chi connectivity index (χ4v) is 3.48. The molecule has 7 nitrogen and oxygen atoms in total. The third kappa shape index (κ3) is 4.30. The summed E-state index contributed by atoms with van der Waals surface area (Å²) < 4.78 is 7.12. The van der Waals surface area contributed by atoms with Gasteiger partial charge in [0.1, 0.15) is 5.75 Å². The van der Waals surface area contributed by atoms with Crippen LogP contribution in [0.15, 0.2) is 24.3 Å². The van der Waals surface area contributed by atoms with Crippen molar-refractivity contribution in [3.05, 3.63) is 41.2 Å². The molecule has 0 atom stereocenters. The van der Waals surface area contributed by atoms with E-state index < -0.39 is 0 Å². The Morgan fingerprint density at radius 1 is 1.30 bits per heavy atom. The number of methoxy groups -OCH3 is 1. The molecule has 2 N–H and O–H groups in total. The zero-order valence-electron chi connectivity index (χ0n) is 16.6. The fraction of sp³-hybridized carbons (Fsp3) is 0.550. The molecule has 1 aliphatic rings. The van der Waals surface area contributed by atoms with Gasteiger partial charge in [-0.25, -0.2) is 4.68 Å². The van der Waals surface area contributed by atoms with Crippen molar-refractivity contribution in [3.8, 4) is 5.75 Å². The molecule has 27 heavy (non-hydrogen) atoms. The second-order valence-electron chi connectivity index (χ2n) is 7.74. The van der Waals surface area contributed by atoms with E-state index in [-0.39, 0.29) is 11.3 Å². The molecule has 2 heterocycles. The fourth-order valence-electron chi connectivity index (χ4n) is 3.48. The Balaban J connectivity index is 1.65. The van der Waals surface area contributed by atoms with Gasteiger partial charge in [0.05, 0.1) is 18.8 Å². The molecule has 0 unspecified atom stereocenters. The van der Waals surface area contributed by atoms with Gasteiger partial charge in [-0.3, -0.25) is 4.79 Å². The summed E-state index contributed by atoms with van der Waals surface area (Å²) in [5.41, 5.74) is 2.18. The Morgan fingerprint density at radius 3 is 2.59 bits per heavy atom. The van der Waals surface area contributed by atoms with Gasteiger partial charge >= 0.3 is 0 Å². The van der Waals surface area contributed by atoms with E-state index in [0.29, 0.717) is 18.3 Å². The minimum absolute atomic E-state index is 0.172. The number of nitrogens with one attached hydrogen (secondary N) is 2. The molecule has 1 amide bonds. The number of ether oxygens (including phenoxy) is 1. The summed E-state index contributed by atoms with van der Waals surface area (Å²) in [6.45, 7) is 8.59. The lowest BCUT2D eigenvalue weighted by molar-refractivity contribution is 0.0940. The molecular weight excluding hydrogens is 342 g/mol. The smallest absolute Gasteiger partial charge is 0.273 e. The highest BCUT2D eigenvalue weighted by Crippen LogP contribution is 2.25. The molecular formula is C20H29N5O2. The molecule has 1 fully saturated rings. The van der Waals surface area contributed by atoms with Gasteiger partial charge in [-0.15, -0.1) is 5.10 Å². The average molecular weight is 371 g/mol. The minimum atomic E-state index is -0.207. The monoisotopic (exact) mass is 371 g/mol. The second kappa shape index (κ2) is 8.08. The first-order chi connectivity index (χ1) is 12.9. The zero-order valence-corrected chi connectivity index (χ0v) is 16.6. The lowest BCUT2D eigenvalue weighted by atomic mass is 9.84. The molecule has 0 bridgehead atoms. The predicted molar refractivity (Wildman–Crippen MR) is 104 cm³/mol. The number of nitrogens with zero attached hydrogens (tertiary/aromatic N) is 3. The standard InChI is InChI=1S/C20H29N5O2/c1-14-18(23-24-25(14)16-9-11-21-12-10-16)19(26)22-13-20(2,3)15-5-7-17(27-4)8-6-15/h5-8,16,21H,9-13H2,1-4H3,(H,22,26). The summed E-state index contributed by atoms with van der Waals surface area (Å²) >= 11 is 0. The Morgan fingerprint density at radius 2 is 1.96 bits per heavy atom. The summed E-state index contributed by atoms with van der Waals surface area (Å²) in [7, 11) is 1.65. The van der Waals surface area contributed by atoms with Crippen LogP contribution in [0.4, 0.5) is 0 Å². The van der Waals surface area contributed by atoms with Crippen LogP contribution in [0, 0.1) is 6.92 Å². The van der Waals surface area contributed by atoms with Crippen LogP contribution in [0.3, 0.4) is 0 Å². The van der Waals surface area contributed by atoms with E-state index >= 15 is 0 Å². The largest absolute Gasteiger partial charge is 0.497 e. The molecule has 0 aliphatic carbocycles. The molecule has 0 spiro atoms. The molecule has 146 valence electrons. The van der Waals surface area contributed by atoms with Crippen molar-refractivity contribution in [3.63, 3.8) is 0 Å². The first-order valence-corrected chi connectivity index (χ1v) is 9.47. The Bertz CT molecular complexity index is 776. The average Bonchev–Trinajstić information content (AvgIpc) is 3.08. The maximum absolute atomic E-state index is 12.7. The van der Waals surface area contributed by atoms with Crippen LogP contribution in [0.25, 0.3) is 0 Å². The molecule has 1 saturated heterocycles. The summed E-state index contributed by atoms with van der Waals surface area (Å²) in [6, 6.07) is 8.25. The van der Waals surface area contributed by atoms with Crippen molar-refractivity contribution in [1.29, 1.82) is 0 Å². The molecule has 2 aromatic rings. The van der Waals surface area contributed by atoms with Crippen LogP contribution in [0.5, 0.6) is 5.75 Å². The van der Waals surface area contributed by atoms with Gasteiger partial charge < -0.3 is 15.4 Å². The van der Waals surface area contributed by atoms with E-state index in [9.17, 15) is 4.79 Å². The number of carbonyl (C=O) groups excluding carboxylic acids is 1. The van der Waals surface area contributed by atoms with E-state index in [1.54, 1.807) is 7.11 Å². The van der Waals surface area contributed by atoms with Crippen molar-refractivity contribution >= 4 is 5.91 Å². The third-order valence-corrected chi connectivity index (χ3v) is 5.36. The molecule has 1 aromatic heterocycles. The quantitative estimate of drug-likeness (QED) is 0.814. The minimum Gasteiger partial charge on any atom is -0.497 e. The number of carbonyl (C=O) groups is 1. The summed E-state index contributed by atoms with van der Waals surface area (Å²) in [4.78, 5) is 12.7. The van der Waals surface area contributed by atoms with Crippen LogP contribution in [0.2, 0.25) is 0 Å². The normalized spacial score (nSPS) is 15.6. The first-order valence-electron chi connectivity index (χ1n) is 9.47. The van der Waals surface area contributed by atoms with Crippen molar-refractivity contribution in [2.75, 3.05) is 26.7 Å². The number of rotatable bonds is 6. The van der Waals surface area contributed by atoms with Gasteiger partial charge in [-0.1, -0.05) is 31.2 Å². The Labute approximate surface area is 160 Å². The number of hydrogen-bond donors (Lipinski definition) is 2. The van der Waals surface area contributed by atoms with Gasteiger partial charge in [-0.2, -0.15) is 0 Å². The highest BCUT2D eigenvalue weighted by molar-refractivity contribution is 5.93. The van der Waals surface area contributed by atoms with E-state index in [0.717, 1.165) is 42.9 Å². The molecule has 1 aromatic carbocycles. The third-order valence-electron chi connectivity index (χ3n) is 5.36. The Kier molecular flexibility index (Phi) is 5.79. The predicted octanol–water partition coefficient (Wildman–Crippen LogP) is 2.23. The van der Waals surface area contributed by atoms with E-state index in [2.05, 4.69) is 34.8 Å². The van der Waals surface area contributed by atoms with E-state index in [1.807, 2.05) is 35.9 Å². The molecule has 0 saturated carbocycles. The van der Waals surface area contributed by atoms with Crippen LogP contribution in [-0.4, -0.2) is 47.6 Å². The highest BCUT2D eigenvalue weighted by atomic mass is 16.5. The SMILES string of the molecule is COc1ccc(C(C)(C)CNC(=O)c2nnn(C3CCNCC3)c2C)cc1. The number of benzene rings is 1. The van der Waals surface area contributed by atoms with Crippen LogP contribution in [0.1, 0.15) is 54.5 Å². The Hall–Kier alpha value is -2.41. The topological polar surface area (TPSA) is 81.1 Å². The van der Waals surface area contributed by atoms with Crippen molar-refractivity contribution in [1.82, 2.24) is 25.6 Å².